The number of ether oxygens (including phenoxy) is 1. The van der Waals surface area contributed by atoms with Crippen LogP contribution in [0.15, 0.2) is 23.8 Å². The Morgan fingerprint density at radius 1 is 1.19 bits per heavy atom. The van der Waals surface area contributed by atoms with E-state index >= 15 is 0 Å². The van der Waals surface area contributed by atoms with Crippen LogP contribution in [0.3, 0.4) is 0 Å². The second-order valence-electron chi connectivity index (χ2n) is 6.93. The fourth-order valence-corrected chi connectivity index (χ4v) is 5.05. The number of Topliss-reactive ketones (excluding diaryl/α,β-unsaturated/α-hetero) is 1. The van der Waals surface area contributed by atoms with Gasteiger partial charge in [-0.3, -0.25) is 4.79 Å². The molecule has 21 heavy (non-hydrogen) atoms. The lowest BCUT2D eigenvalue weighted by molar-refractivity contribution is -0.116. The molecule has 0 aromatic rings. The Morgan fingerprint density at radius 3 is 2.81 bits per heavy atom. The zero-order chi connectivity index (χ0) is 14.8. The molecule has 2 heteroatoms. The first-order chi connectivity index (χ1) is 10.3. The van der Waals surface area contributed by atoms with Crippen molar-refractivity contribution < 1.29 is 9.53 Å². The normalized spacial score (nSPS) is 35.6. The van der Waals surface area contributed by atoms with E-state index in [1.54, 1.807) is 5.57 Å². The van der Waals surface area contributed by atoms with Gasteiger partial charge in [-0.1, -0.05) is 25.0 Å². The quantitative estimate of drug-likeness (QED) is 0.698. The molecule has 0 heterocycles. The first kappa shape index (κ1) is 15.0. The molecule has 3 aliphatic rings. The van der Waals surface area contributed by atoms with Crippen molar-refractivity contribution in [1.82, 2.24) is 0 Å². The van der Waals surface area contributed by atoms with E-state index in [9.17, 15) is 4.79 Å². The van der Waals surface area contributed by atoms with E-state index in [-0.39, 0.29) is 0 Å². The zero-order valence-corrected chi connectivity index (χ0v) is 13.3. The van der Waals surface area contributed by atoms with Gasteiger partial charge in [-0.05, 0) is 61.9 Å². The summed E-state index contributed by atoms with van der Waals surface area (Å²) in [5, 5.41) is 0. The Hall–Kier alpha value is -0.890. The van der Waals surface area contributed by atoms with Crippen molar-refractivity contribution in [2.45, 2.75) is 64.4 Å². The first-order valence-corrected chi connectivity index (χ1v) is 8.73. The smallest absolute Gasteiger partial charge is 0.158 e. The molecule has 0 aromatic heterocycles. The van der Waals surface area contributed by atoms with Crippen molar-refractivity contribution >= 4 is 5.78 Å². The van der Waals surface area contributed by atoms with Gasteiger partial charge in [-0.2, -0.15) is 0 Å². The van der Waals surface area contributed by atoms with Crippen LogP contribution in [0.4, 0.5) is 0 Å². The molecular formula is C19H28O2. The third kappa shape index (κ3) is 2.75. The minimum Gasteiger partial charge on any atom is -0.374 e. The van der Waals surface area contributed by atoms with Crippen LogP contribution in [-0.4, -0.2) is 18.5 Å². The fourth-order valence-electron chi connectivity index (χ4n) is 5.05. The number of hydrogen-bond acceptors (Lipinski definition) is 2. The summed E-state index contributed by atoms with van der Waals surface area (Å²) >= 11 is 0. The SMILES string of the molecule is C=CCO[C@H]1CCC2C3CCC(=O)C(CCC)=C3CCC21. The van der Waals surface area contributed by atoms with Crippen molar-refractivity contribution in [3.05, 3.63) is 23.8 Å². The number of allylic oxidation sites excluding steroid dienone is 2. The Kier molecular flexibility index (Phi) is 4.63. The van der Waals surface area contributed by atoms with Gasteiger partial charge in [-0.25, -0.2) is 0 Å². The zero-order valence-electron chi connectivity index (χ0n) is 13.3. The molecule has 2 fully saturated rings. The van der Waals surface area contributed by atoms with Gasteiger partial charge < -0.3 is 4.74 Å². The average Bonchev–Trinajstić information content (AvgIpc) is 2.91. The maximum Gasteiger partial charge on any atom is 0.158 e. The highest BCUT2D eigenvalue weighted by molar-refractivity contribution is 5.97. The molecule has 3 aliphatic carbocycles. The number of carbonyl (C=O) groups excluding carboxylic acids is 1. The molecule has 2 nitrogen and oxygen atoms in total. The van der Waals surface area contributed by atoms with E-state index in [4.69, 9.17) is 4.74 Å². The predicted octanol–water partition coefficient (Wildman–Crippen LogP) is 4.45. The number of carbonyl (C=O) groups is 1. The molecule has 2 saturated carbocycles. The minimum atomic E-state index is 0.432. The Morgan fingerprint density at radius 2 is 2.05 bits per heavy atom. The van der Waals surface area contributed by atoms with Crippen molar-refractivity contribution in [1.29, 1.82) is 0 Å². The molecule has 0 amide bonds. The van der Waals surface area contributed by atoms with E-state index < -0.39 is 0 Å². The molecule has 3 rings (SSSR count). The number of hydrogen-bond donors (Lipinski definition) is 0. The van der Waals surface area contributed by atoms with E-state index in [2.05, 4.69) is 13.5 Å². The molecule has 0 bridgehead atoms. The van der Waals surface area contributed by atoms with Crippen LogP contribution in [-0.2, 0) is 9.53 Å². The molecule has 0 spiro atoms. The Balaban J connectivity index is 1.79. The highest BCUT2D eigenvalue weighted by atomic mass is 16.5. The number of rotatable bonds is 5. The molecular weight excluding hydrogens is 260 g/mol. The first-order valence-electron chi connectivity index (χ1n) is 8.73. The van der Waals surface area contributed by atoms with Gasteiger partial charge in [0, 0.05) is 6.42 Å². The maximum atomic E-state index is 12.2. The van der Waals surface area contributed by atoms with Crippen molar-refractivity contribution in [2.24, 2.45) is 17.8 Å². The van der Waals surface area contributed by atoms with Crippen LogP contribution in [0.2, 0.25) is 0 Å². The third-order valence-corrected chi connectivity index (χ3v) is 5.86. The second-order valence-corrected chi connectivity index (χ2v) is 6.93. The van der Waals surface area contributed by atoms with E-state index in [1.807, 2.05) is 6.08 Å². The van der Waals surface area contributed by atoms with Gasteiger partial charge in [0.15, 0.2) is 5.78 Å². The van der Waals surface area contributed by atoms with Crippen LogP contribution in [0, 0.1) is 17.8 Å². The molecule has 0 aromatic carbocycles. The van der Waals surface area contributed by atoms with Gasteiger partial charge in [0.25, 0.3) is 0 Å². The number of ketones is 1. The maximum absolute atomic E-state index is 12.2. The van der Waals surface area contributed by atoms with E-state index in [1.165, 1.54) is 24.8 Å². The molecule has 0 N–H and O–H groups in total. The highest BCUT2D eigenvalue weighted by Crippen LogP contribution is 2.52. The summed E-state index contributed by atoms with van der Waals surface area (Å²) < 4.78 is 6.00. The molecule has 0 radical (unpaired) electrons. The standard InChI is InChI=1S/C19H28O2/c1-3-5-16-14-6-7-17-15(13(14)8-10-18(16)20)9-11-19(17)21-12-4-2/h4,13,15,17,19H,2-3,5-12H2,1H3/t13?,15?,17?,19-/m0/s1. The highest BCUT2D eigenvalue weighted by Gasteiger charge is 2.46. The predicted molar refractivity (Wildman–Crippen MR) is 85.1 cm³/mol. The van der Waals surface area contributed by atoms with Gasteiger partial charge in [0.2, 0.25) is 0 Å². The van der Waals surface area contributed by atoms with Crippen LogP contribution >= 0.6 is 0 Å². The van der Waals surface area contributed by atoms with Gasteiger partial charge >= 0.3 is 0 Å². The molecule has 0 aliphatic heterocycles. The fraction of sp³-hybridized carbons (Fsp3) is 0.737. The monoisotopic (exact) mass is 288 g/mol. The summed E-state index contributed by atoms with van der Waals surface area (Å²) in [5.41, 5.74) is 2.75. The van der Waals surface area contributed by atoms with E-state index in [0.717, 1.165) is 43.9 Å². The largest absolute Gasteiger partial charge is 0.374 e. The third-order valence-electron chi connectivity index (χ3n) is 5.86. The summed E-state index contributed by atoms with van der Waals surface area (Å²) in [6.07, 6.45) is 11.1. The molecule has 116 valence electrons. The topological polar surface area (TPSA) is 26.3 Å². The molecule has 3 unspecified atom stereocenters. The van der Waals surface area contributed by atoms with Crippen LogP contribution in [0.25, 0.3) is 0 Å². The summed E-state index contributed by atoms with van der Waals surface area (Å²) in [6, 6.07) is 0. The molecule has 4 atom stereocenters. The van der Waals surface area contributed by atoms with Crippen LogP contribution < -0.4 is 0 Å². The average molecular weight is 288 g/mol. The second kappa shape index (κ2) is 6.48. The van der Waals surface area contributed by atoms with Crippen LogP contribution in [0.1, 0.15) is 58.3 Å². The lowest BCUT2D eigenvalue weighted by Gasteiger charge is -2.41. The summed E-state index contributed by atoms with van der Waals surface area (Å²) in [6.45, 7) is 6.63. The summed E-state index contributed by atoms with van der Waals surface area (Å²) in [4.78, 5) is 12.2. The van der Waals surface area contributed by atoms with Crippen molar-refractivity contribution in [3.63, 3.8) is 0 Å². The van der Waals surface area contributed by atoms with Crippen molar-refractivity contribution in [2.75, 3.05) is 6.61 Å². The van der Waals surface area contributed by atoms with E-state index in [0.29, 0.717) is 24.4 Å². The Bertz CT molecular complexity index is 448. The summed E-state index contributed by atoms with van der Waals surface area (Å²) in [7, 11) is 0. The lowest BCUT2D eigenvalue weighted by atomic mass is 9.64. The van der Waals surface area contributed by atoms with Crippen molar-refractivity contribution in [3.8, 4) is 0 Å². The lowest BCUT2D eigenvalue weighted by Crippen LogP contribution is -2.35. The molecule has 0 saturated heterocycles. The van der Waals surface area contributed by atoms with Gasteiger partial charge in [0.1, 0.15) is 0 Å². The number of fused-ring (bicyclic) bond motifs is 3. The van der Waals surface area contributed by atoms with Crippen LogP contribution in [0.5, 0.6) is 0 Å². The Labute approximate surface area is 128 Å². The minimum absolute atomic E-state index is 0.432. The van der Waals surface area contributed by atoms with Gasteiger partial charge in [-0.15, -0.1) is 6.58 Å². The van der Waals surface area contributed by atoms with Gasteiger partial charge in [0.05, 0.1) is 12.7 Å². The summed E-state index contributed by atoms with van der Waals surface area (Å²) in [5.74, 6) is 2.61.